The predicted molar refractivity (Wildman–Crippen MR) is 119 cm³/mol. The number of rotatable bonds is 9. The van der Waals surface area contributed by atoms with E-state index >= 15 is 0 Å². The van der Waals surface area contributed by atoms with Crippen LogP contribution in [0.15, 0.2) is 53.4 Å². The van der Waals surface area contributed by atoms with Gasteiger partial charge in [0.1, 0.15) is 6.04 Å². The Morgan fingerprint density at radius 1 is 0.897 bits per heavy atom. The zero-order chi connectivity index (χ0) is 21.6. The van der Waals surface area contributed by atoms with Crippen molar-refractivity contribution >= 4 is 27.3 Å². The lowest BCUT2D eigenvalue weighted by molar-refractivity contribution is -0.116. The fourth-order valence-electron chi connectivity index (χ4n) is 2.81. The molecule has 0 fully saturated rings. The zero-order valence-corrected chi connectivity index (χ0v) is 18.5. The molecule has 2 aromatic carbocycles. The highest BCUT2D eigenvalue weighted by molar-refractivity contribution is 7.89. The van der Waals surface area contributed by atoms with Gasteiger partial charge < -0.3 is 10.6 Å². The summed E-state index contributed by atoms with van der Waals surface area (Å²) >= 11 is 0. The Balaban J connectivity index is 1.97. The van der Waals surface area contributed by atoms with Gasteiger partial charge in [0, 0.05) is 17.4 Å². The van der Waals surface area contributed by atoms with Gasteiger partial charge in [-0.15, -0.1) is 0 Å². The summed E-state index contributed by atoms with van der Waals surface area (Å²) in [7, 11) is -3.55. The van der Waals surface area contributed by atoms with Gasteiger partial charge in [0.15, 0.2) is 0 Å². The second kappa shape index (κ2) is 9.89. The number of anilines is 2. The molecule has 0 aromatic heterocycles. The van der Waals surface area contributed by atoms with Crippen LogP contribution in [-0.4, -0.2) is 26.4 Å². The van der Waals surface area contributed by atoms with Gasteiger partial charge in [0.2, 0.25) is 15.9 Å². The number of amides is 1. The van der Waals surface area contributed by atoms with Crippen LogP contribution in [0.5, 0.6) is 0 Å². The van der Waals surface area contributed by atoms with E-state index in [1.165, 1.54) is 17.7 Å². The minimum Gasteiger partial charge on any atom is -0.374 e. The van der Waals surface area contributed by atoms with E-state index in [0.29, 0.717) is 11.6 Å². The van der Waals surface area contributed by atoms with Crippen molar-refractivity contribution in [1.29, 1.82) is 0 Å². The average Bonchev–Trinajstić information content (AvgIpc) is 2.67. The smallest absolute Gasteiger partial charge is 0.246 e. The SMILES string of the molecule is CC[C@H](C)c1ccc(N[C@H](C)C(=O)Nc2ccc(S(=O)(=O)NC(C)C)cc2)cc1. The minimum absolute atomic E-state index is 0.164. The molecule has 0 spiro atoms. The number of hydrogen-bond donors (Lipinski definition) is 3. The van der Waals surface area contributed by atoms with Crippen molar-refractivity contribution in [2.45, 2.75) is 63.9 Å². The van der Waals surface area contributed by atoms with Crippen molar-refractivity contribution < 1.29 is 13.2 Å². The standard InChI is InChI=1S/C22H31N3O3S/c1-6-16(4)18-7-9-19(10-8-18)23-17(5)22(26)24-20-11-13-21(14-12-20)29(27,28)25-15(2)3/h7-17,23,25H,6H2,1-5H3,(H,24,26)/t16-,17+/m0/s1. The van der Waals surface area contributed by atoms with E-state index in [4.69, 9.17) is 0 Å². The van der Waals surface area contributed by atoms with Crippen LogP contribution in [0, 0.1) is 0 Å². The van der Waals surface area contributed by atoms with Crippen molar-refractivity contribution in [3.63, 3.8) is 0 Å². The lowest BCUT2D eigenvalue weighted by atomic mass is 9.98. The van der Waals surface area contributed by atoms with Crippen LogP contribution in [-0.2, 0) is 14.8 Å². The fraction of sp³-hybridized carbons (Fsp3) is 0.409. The number of nitrogens with one attached hydrogen (secondary N) is 3. The summed E-state index contributed by atoms with van der Waals surface area (Å²) in [6.07, 6.45) is 1.08. The van der Waals surface area contributed by atoms with Crippen molar-refractivity contribution in [3.8, 4) is 0 Å². The number of benzene rings is 2. The first kappa shape index (κ1) is 22.9. The van der Waals surface area contributed by atoms with Crippen LogP contribution in [0.1, 0.15) is 52.5 Å². The highest BCUT2D eigenvalue weighted by atomic mass is 32.2. The van der Waals surface area contributed by atoms with Crippen LogP contribution >= 0.6 is 0 Å². The molecule has 0 saturated heterocycles. The van der Waals surface area contributed by atoms with E-state index in [9.17, 15) is 13.2 Å². The van der Waals surface area contributed by atoms with Crippen molar-refractivity contribution in [3.05, 3.63) is 54.1 Å². The number of hydrogen-bond acceptors (Lipinski definition) is 4. The first-order valence-electron chi connectivity index (χ1n) is 9.92. The molecule has 0 bridgehead atoms. The van der Waals surface area contributed by atoms with E-state index < -0.39 is 16.1 Å². The summed E-state index contributed by atoms with van der Waals surface area (Å²) in [5.74, 6) is 0.305. The second-order valence-corrected chi connectivity index (χ2v) is 9.30. The molecule has 158 valence electrons. The Bertz CT molecular complexity index is 907. The second-order valence-electron chi connectivity index (χ2n) is 7.59. The Hall–Kier alpha value is -2.38. The molecule has 0 aliphatic heterocycles. The maximum atomic E-state index is 12.5. The number of sulfonamides is 1. The summed E-state index contributed by atoms with van der Waals surface area (Å²) in [6.45, 7) is 9.65. The van der Waals surface area contributed by atoms with Gasteiger partial charge in [0.05, 0.1) is 4.90 Å². The van der Waals surface area contributed by atoms with Crippen LogP contribution in [0.3, 0.4) is 0 Å². The largest absolute Gasteiger partial charge is 0.374 e. The quantitative estimate of drug-likeness (QED) is 0.567. The molecule has 2 atom stereocenters. The van der Waals surface area contributed by atoms with E-state index in [1.807, 2.05) is 12.1 Å². The first-order valence-corrected chi connectivity index (χ1v) is 11.4. The van der Waals surface area contributed by atoms with E-state index in [2.05, 4.69) is 41.3 Å². The van der Waals surface area contributed by atoms with Crippen LogP contribution in [0.2, 0.25) is 0 Å². The summed E-state index contributed by atoms with van der Waals surface area (Å²) < 4.78 is 26.9. The molecular formula is C22H31N3O3S. The lowest BCUT2D eigenvalue weighted by Gasteiger charge is -2.17. The molecule has 2 aromatic rings. The normalized spacial score (nSPS) is 13.7. The Morgan fingerprint density at radius 2 is 1.45 bits per heavy atom. The maximum absolute atomic E-state index is 12.5. The van der Waals surface area contributed by atoms with Crippen LogP contribution in [0.4, 0.5) is 11.4 Å². The third-order valence-electron chi connectivity index (χ3n) is 4.69. The average molecular weight is 418 g/mol. The van der Waals surface area contributed by atoms with Gasteiger partial charge >= 0.3 is 0 Å². The van der Waals surface area contributed by atoms with Gasteiger partial charge in [-0.1, -0.05) is 26.0 Å². The molecule has 0 radical (unpaired) electrons. The molecule has 0 aliphatic carbocycles. The van der Waals surface area contributed by atoms with E-state index in [1.54, 1.807) is 32.9 Å². The Labute approximate surface area is 174 Å². The molecule has 7 heteroatoms. The highest BCUT2D eigenvalue weighted by Gasteiger charge is 2.16. The van der Waals surface area contributed by atoms with Crippen molar-refractivity contribution in [2.24, 2.45) is 0 Å². The summed E-state index contributed by atoms with van der Waals surface area (Å²) in [5.41, 5.74) is 2.69. The van der Waals surface area contributed by atoms with Gasteiger partial charge in [-0.05, 0) is 75.1 Å². The maximum Gasteiger partial charge on any atom is 0.246 e. The fourth-order valence-corrected chi connectivity index (χ4v) is 4.06. The van der Waals surface area contributed by atoms with Gasteiger partial charge in [-0.25, -0.2) is 13.1 Å². The summed E-state index contributed by atoms with van der Waals surface area (Å²) in [6, 6.07) is 13.6. The van der Waals surface area contributed by atoms with Crippen molar-refractivity contribution in [1.82, 2.24) is 4.72 Å². The number of carbonyl (C=O) groups excluding carboxylic acids is 1. The molecule has 1 amide bonds. The molecule has 6 nitrogen and oxygen atoms in total. The molecule has 0 unspecified atom stereocenters. The lowest BCUT2D eigenvalue weighted by Crippen LogP contribution is -2.32. The van der Waals surface area contributed by atoms with Gasteiger partial charge in [-0.3, -0.25) is 4.79 Å². The van der Waals surface area contributed by atoms with Crippen LogP contribution < -0.4 is 15.4 Å². The van der Waals surface area contributed by atoms with E-state index in [-0.39, 0.29) is 16.8 Å². The molecular weight excluding hydrogens is 386 g/mol. The molecule has 0 aliphatic rings. The molecule has 0 saturated carbocycles. The highest BCUT2D eigenvalue weighted by Crippen LogP contribution is 2.21. The van der Waals surface area contributed by atoms with Gasteiger partial charge in [0.25, 0.3) is 0 Å². The third kappa shape index (κ3) is 6.58. The molecule has 2 rings (SSSR count). The van der Waals surface area contributed by atoms with Crippen molar-refractivity contribution in [2.75, 3.05) is 10.6 Å². The predicted octanol–water partition coefficient (Wildman–Crippen LogP) is 4.33. The molecule has 0 heterocycles. The van der Waals surface area contributed by atoms with Crippen LogP contribution in [0.25, 0.3) is 0 Å². The topological polar surface area (TPSA) is 87.3 Å². The first-order chi connectivity index (χ1) is 13.6. The molecule has 3 N–H and O–H groups in total. The minimum atomic E-state index is -3.55. The van der Waals surface area contributed by atoms with Gasteiger partial charge in [-0.2, -0.15) is 0 Å². The molecule has 29 heavy (non-hydrogen) atoms. The zero-order valence-electron chi connectivity index (χ0n) is 17.7. The Kier molecular flexibility index (Phi) is 7.81. The Morgan fingerprint density at radius 3 is 1.97 bits per heavy atom. The monoisotopic (exact) mass is 417 g/mol. The third-order valence-corrected chi connectivity index (χ3v) is 6.37. The number of carbonyl (C=O) groups is 1. The summed E-state index contributed by atoms with van der Waals surface area (Å²) in [5, 5.41) is 5.99. The van der Waals surface area contributed by atoms with E-state index in [0.717, 1.165) is 12.1 Å². The summed E-state index contributed by atoms with van der Waals surface area (Å²) in [4.78, 5) is 12.6.